The Morgan fingerprint density at radius 3 is 2.45 bits per heavy atom. The number of urea groups is 1. The van der Waals surface area contributed by atoms with Crippen LogP contribution in [-0.4, -0.2) is 50.5 Å². The average molecular weight is 663 g/mol. The van der Waals surface area contributed by atoms with Gasteiger partial charge in [-0.3, -0.25) is 0 Å². The number of aromatic nitrogens is 3. The number of amidine groups is 1. The highest BCUT2D eigenvalue weighted by molar-refractivity contribution is 8.14. The number of amides is 2. The Balaban J connectivity index is 1.12. The summed E-state index contributed by atoms with van der Waals surface area (Å²) < 4.78 is 39.5. The number of hydrogen-bond donors (Lipinski definition) is 1. The molecule has 0 radical (unpaired) electrons. The molecule has 2 heterocycles. The number of carbonyl (C=O) groups is 1. The van der Waals surface area contributed by atoms with Crippen molar-refractivity contribution in [2.75, 3.05) is 17.2 Å². The van der Waals surface area contributed by atoms with Crippen molar-refractivity contribution >= 4 is 28.6 Å². The van der Waals surface area contributed by atoms with E-state index in [4.69, 9.17) is 0 Å². The van der Waals surface area contributed by atoms with Crippen molar-refractivity contribution in [1.82, 2.24) is 20.1 Å². The third kappa shape index (κ3) is 9.24. The number of thioether (sulfide) groups is 1. The van der Waals surface area contributed by atoms with Crippen molar-refractivity contribution in [3.8, 4) is 17.1 Å². The maximum absolute atomic E-state index is 13.0. The van der Waals surface area contributed by atoms with E-state index in [1.165, 1.54) is 28.8 Å². The van der Waals surface area contributed by atoms with Gasteiger partial charge in [0.1, 0.15) is 6.33 Å². The van der Waals surface area contributed by atoms with Crippen LogP contribution in [-0.2, 0) is 12.8 Å². The van der Waals surface area contributed by atoms with Gasteiger partial charge in [-0.2, -0.15) is 18.2 Å². The third-order valence-corrected chi connectivity index (χ3v) is 9.20. The molecule has 2 amide bonds. The van der Waals surface area contributed by atoms with Crippen LogP contribution >= 0.6 is 11.8 Å². The van der Waals surface area contributed by atoms with E-state index >= 15 is 0 Å². The number of carbonyl (C=O) groups excluding carboxylic acids is 1. The molecule has 1 atom stereocenters. The summed E-state index contributed by atoms with van der Waals surface area (Å²) in [6, 6.07) is 20.2. The van der Waals surface area contributed by atoms with Crippen LogP contribution in [0.3, 0.4) is 0 Å². The Morgan fingerprint density at radius 1 is 1.02 bits per heavy atom. The van der Waals surface area contributed by atoms with Crippen LogP contribution in [0.25, 0.3) is 17.1 Å². The Morgan fingerprint density at radius 2 is 1.74 bits per heavy atom. The Labute approximate surface area is 278 Å². The van der Waals surface area contributed by atoms with Crippen molar-refractivity contribution in [3.63, 3.8) is 0 Å². The Bertz CT molecular complexity index is 1680. The largest absolute Gasteiger partial charge is 0.393 e. The fourth-order valence-electron chi connectivity index (χ4n) is 5.88. The number of hydrogen-bond acceptors (Lipinski definition) is 4. The highest BCUT2D eigenvalue weighted by Crippen LogP contribution is 2.34. The van der Waals surface area contributed by atoms with Gasteiger partial charge >= 0.3 is 12.2 Å². The van der Waals surface area contributed by atoms with Crippen molar-refractivity contribution in [2.45, 2.75) is 77.9 Å². The fraction of sp³-hybridized carbons (Fsp3) is 0.389. The summed E-state index contributed by atoms with van der Waals surface area (Å²) in [6.07, 6.45) is -0.0327. The van der Waals surface area contributed by atoms with Crippen LogP contribution < -0.4 is 10.2 Å². The molecule has 1 aliphatic heterocycles. The standard InChI is InChI=1S/C36H41F3N6OS/c1-24(2)32-25(3)8-5-11-31(32)44-20-7-21-47-35(44)42-34(46)41-26(4)9-6-10-27-12-16-29(17-13-27)33-40-23-45(43-33)30-18-14-28(15-19-30)22-36(37,38)39/h5,8,11-19,23-24,26H,6-7,9-10,20-22H2,1-4H3,(H,41,46). The summed E-state index contributed by atoms with van der Waals surface area (Å²) in [7, 11) is 0. The molecule has 11 heteroatoms. The van der Waals surface area contributed by atoms with Crippen molar-refractivity contribution in [2.24, 2.45) is 4.99 Å². The van der Waals surface area contributed by atoms with Crippen LogP contribution in [0.4, 0.5) is 23.7 Å². The number of nitrogens with one attached hydrogen (secondary N) is 1. The van der Waals surface area contributed by atoms with Gasteiger partial charge in [0.25, 0.3) is 0 Å². The van der Waals surface area contributed by atoms with E-state index in [2.05, 4.69) is 64.3 Å². The number of aliphatic imine (C=N–C) groups is 1. The second kappa shape index (κ2) is 15.2. The van der Waals surface area contributed by atoms with Gasteiger partial charge < -0.3 is 10.2 Å². The second-order valence-corrected chi connectivity index (χ2v) is 13.4. The smallest absolute Gasteiger partial charge is 0.334 e. The Kier molecular flexibility index (Phi) is 11.1. The van der Waals surface area contributed by atoms with Crippen LogP contribution in [0.15, 0.2) is 78.0 Å². The Hall–Kier alpha value is -4.12. The first-order chi connectivity index (χ1) is 22.5. The SMILES string of the molecule is Cc1cccc(N2CCCSC2=NC(=O)NC(C)CCCc2ccc(-c3ncn(-c4ccc(CC(F)(F)F)cc4)n3)cc2)c1C(C)C. The summed E-state index contributed by atoms with van der Waals surface area (Å²) in [4.78, 5) is 24.0. The highest BCUT2D eigenvalue weighted by Gasteiger charge is 2.27. The number of halogens is 3. The molecule has 1 fully saturated rings. The summed E-state index contributed by atoms with van der Waals surface area (Å²) in [5.74, 6) is 1.85. The maximum Gasteiger partial charge on any atom is 0.393 e. The average Bonchev–Trinajstić information content (AvgIpc) is 3.51. The number of rotatable bonds is 10. The van der Waals surface area contributed by atoms with E-state index in [9.17, 15) is 18.0 Å². The molecule has 248 valence electrons. The van der Waals surface area contributed by atoms with Crippen LogP contribution in [0.1, 0.15) is 68.2 Å². The minimum Gasteiger partial charge on any atom is -0.334 e. The summed E-state index contributed by atoms with van der Waals surface area (Å²) in [5.41, 5.74) is 6.54. The van der Waals surface area contributed by atoms with Gasteiger partial charge in [-0.25, -0.2) is 14.5 Å². The molecule has 4 aromatic rings. The van der Waals surface area contributed by atoms with Gasteiger partial charge in [-0.1, -0.05) is 74.1 Å². The number of alkyl halides is 3. The zero-order valence-electron chi connectivity index (χ0n) is 27.2. The van der Waals surface area contributed by atoms with Crippen molar-refractivity contribution in [1.29, 1.82) is 0 Å². The lowest BCUT2D eigenvalue weighted by Crippen LogP contribution is -2.38. The van der Waals surface area contributed by atoms with Crippen molar-refractivity contribution in [3.05, 3.63) is 95.3 Å². The van der Waals surface area contributed by atoms with E-state index < -0.39 is 12.6 Å². The molecule has 5 rings (SSSR count). The van der Waals surface area contributed by atoms with Crippen LogP contribution in [0.5, 0.6) is 0 Å². The van der Waals surface area contributed by atoms with Gasteiger partial charge in [0.2, 0.25) is 0 Å². The number of aryl methyl sites for hydroxylation is 2. The van der Waals surface area contributed by atoms with Gasteiger partial charge in [0, 0.05) is 29.6 Å². The molecule has 1 unspecified atom stereocenters. The topological polar surface area (TPSA) is 75.4 Å². The quantitative estimate of drug-likeness (QED) is 0.184. The summed E-state index contributed by atoms with van der Waals surface area (Å²) in [5, 5.41) is 8.32. The number of nitrogens with zero attached hydrogens (tertiary/aromatic N) is 5. The van der Waals surface area contributed by atoms with Gasteiger partial charge in [-0.15, -0.1) is 5.10 Å². The van der Waals surface area contributed by atoms with E-state index in [1.54, 1.807) is 34.9 Å². The first-order valence-electron chi connectivity index (χ1n) is 16.0. The highest BCUT2D eigenvalue weighted by atomic mass is 32.2. The zero-order chi connectivity index (χ0) is 33.6. The minimum atomic E-state index is -4.24. The summed E-state index contributed by atoms with van der Waals surface area (Å²) in [6.45, 7) is 9.39. The molecular weight excluding hydrogens is 621 g/mol. The predicted octanol–water partition coefficient (Wildman–Crippen LogP) is 8.89. The predicted molar refractivity (Wildman–Crippen MR) is 185 cm³/mol. The van der Waals surface area contributed by atoms with Gasteiger partial charge in [-0.05, 0) is 85.9 Å². The normalized spacial score (nSPS) is 15.3. The molecule has 47 heavy (non-hydrogen) atoms. The van der Waals surface area contributed by atoms with E-state index in [1.807, 2.05) is 31.2 Å². The fourth-order valence-corrected chi connectivity index (χ4v) is 6.83. The molecule has 0 aliphatic carbocycles. The number of anilines is 1. The summed E-state index contributed by atoms with van der Waals surface area (Å²) >= 11 is 1.64. The molecule has 1 aromatic heterocycles. The molecule has 1 saturated heterocycles. The molecule has 7 nitrogen and oxygen atoms in total. The monoisotopic (exact) mass is 662 g/mol. The van der Waals surface area contributed by atoms with Crippen LogP contribution in [0.2, 0.25) is 0 Å². The molecule has 1 aliphatic rings. The second-order valence-electron chi connectivity index (χ2n) is 12.3. The number of benzene rings is 3. The molecule has 0 saturated carbocycles. The first kappa shape index (κ1) is 34.2. The van der Waals surface area contributed by atoms with E-state index in [0.29, 0.717) is 17.4 Å². The molecule has 0 spiro atoms. The third-order valence-electron chi connectivity index (χ3n) is 8.14. The van der Waals surface area contributed by atoms with E-state index in [0.717, 1.165) is 54.4 Å². The minimum absolute atomic E-state index is 0.0194. The van der Waals surface area contributed by atoms with Crippen LogP contribution in [0, 0.1) is 6.92 Å². The molecule has 0 bridgehead atoms. The van der Waals surface area contributed by atoms with Crippen molar-refractivity contribution < 1.29 is 18.0 Å². The lowest BCUT2D eigenvalue weighted by Gasteiger charge is -2.32. The lowest BCUT2D eigenvalue weighted by atomic mass is 9.95. The first-order valence-corrected chi connectivity index (χ1v) is 17.0. The zero-order valence-corrected chi connectivity index (χ0v) is 28.0. The van der Waals surface area contributed by atoms with E-state index in [-0.39, 0.29) is 17.6 Å². The van der Waals surface area contributed by atoms with Gasteiger partial charge in [0.15, 0.2) is 11.0 Å². The molecular formula is C36H41F3N6OS. The lowest BCUT2D eigenvalue weighted by molar-refractivity contribution is -0.127. The molecule has 1 N–H and O–H groups in total. The molecule has 3 aromatic carbocycles. The maximum atomic E-state index is 13.0. The van der Waals surface area contributed by atoms with Gasteiger partial charge in [0.05, 0.1) is 12.1 Å².